The number of thiophene rings is 2. The number of ether oxygens (including phenoxy) is 1. The summed E-state index contributed by atoms with van der Waals surface area (Å²) in [6, 6.07) is 14.9. The van der Waals surface area contributed by atoms with Crippen molar-refractivity contribution in [3.63, 3.8) is 0 Å². The van der Waals surface area contributed by atoms with Crippen molar-refractivity contribution in [2.24, 2.45) is 5.10 Å². The molecular weight excluding hydrogens is 324 g/mol. The molecule has 3 nitrogen and oxygen atoms in total. The Morgan fingerprint density at radius 2 is 2.04 bits per heavy atom. The lowest BCUT2D eigenvalue weighted by Crippen LogP contribution is -2.33. The first-order chi connectivity index (χ1) is 11.4. The number of nitrogens with zero attached hydrogens (tertiary/aromatic N) is 2. The van der Waals surface area contributed by atoms with Gasteiger partial charge in [0.25, 0.3) is 0 Å². The molecule has 23 heavy (non-hydrogen) atoms. The minimum Gasteiger partial charge on any atom is -0.464 e. The smallest absolute Gasteiger partial charge is 0.214 e. The van der Waals surface area contributed by atoms with E-state index >= 15 is 0 Å². The van der Waals surface area contributed by atoms with Crippen LogP contribution in [0.3, 0.4) is 0 Å². The van der Waals surface area contributed by atoms with Gasteiger partial charge in [-0.05, 0) is 34.3 Å². The molecule has 0 spiro atoms. The Labute approximate surface area is 142 Å². The predicted molar refractivity (Wildman–Crippen MR) is 94.2 cm³/mol. The Kier molecular flexibility index (Phi) is 3.02. The highest BCUT2D eigenvalue weighted by Gasteiger charge is 2.41. The van der Waals surface area contributed by atoms with E-state index in [1.807, 2.05) is 6.07 Å². The highest BCUT2D eigenvalue weighted by Crippen LogP contribution is 2.47. The average Bonchev–Trinajstić information content (AvgIpc) is 3.34. The predicted octanol–water partition coefficient (Wildman–Crippen LogP) is 5.05. The van der Waals surface area contributed by atoms with Gasteiger partial charge in [-0.25, -0.2) is 5.01 Å². The molecule has 0 unspecified atom stereocenters. The quantitative estimate of drug-likeness (QED) is 0.653. The van der Waals surface area contributed by atoms with Crippen LogP contribution in [0.2, 0.25) is 0 Å². The van der Waals surface area contributed by atoms with Gasteiger partial charge in [0.1, 0.15) is 5.75 Å². The highest BCUT2D eigenvalue weighted by atomic mass is 32.1. The fraction of sp³-hybridized carbons (Fsp3) is 0.167. The van der Waals surface area contributed by atoms with E-state index in [9.17, 15) is 0 Å². The van der Waals surface area contributed by atoms with Crippen LogP contribution in [-0.2, 0) is 0 Å². The molecule has 0 N–H and O–H groups in total. The normalized spacial score (nSPS) is 22.3. The van der Waals surface area contributed by atoms with Gasteiger partial charge in [-0.1, -0.05) is 24.3 Å². The molecule has 5 rings (SSSR count). The highest BCUT2D eigenvalue weighted by molar-refractivity contribution is 7.12. The first-order valence-corrected chi connectivity index (χ1v) is 9.40. The summed E-state index contributed by atoms with van der Waals surface area (Å²) in [5, 5.41) is 13.4. The monoisotopic (exact) mass is 338 g/mol. The van der Waals surface area contributed by atoms with Gasteiger partial charge in [-0.3, -0.25) is 0 Å². The zero-order valence-electron chi connectivity index (χ0n) is 12.3. The molecule has 3 aromatic rings. The summed E-state index contributed by atoms with van der Waals surface area (Å²) in [4.78, 5) is 1.25. The lowest BCUT2D eigenvalue weighted by Gasteiger charge is -2.37. The number of para-hydroxylation sites is 1. The third-order valence-corrected chi connectivity index (χ3v) is 5.95. The molecule has 4 heterocycles. The van der Waals surface area contributed by atoms with Gasteiger partial charge in [0, 0.05) is 17.5 Å². The van der Waals surface area contributed by atoms with Crippen molar-refractivity contribution in [1.82, 2.24) is 5.01 Å². The minimum absolute atomic E-state index is 0.140. The van der Waals surface area contributed by atoms with Gasteiger partial charge < -0.3 is 4.74 Å². The number of hydrazone groups is 1. The fourth-order valence-electron chi connectivity index (χ4n) is 3.26. The second-order valence-electron chi connectivity index (χ2n) is 5.69. The molecule has 114 valence electrons. The Morgan fingerprint density at radius 1 is 1.09 bits per heavy atom. The Hall–Kier alpha value is -2.11. The van der Waals surface area contributed by atoms with E-state index in [-0.39, 0.29) is 12.3 Å². The summed E-state index contributed by atoms with van der Waals surface area (Å²) >= 11 is 3.44. The first kappa shape index (κ1) is 13.3. The van der Waals surface area contributed by atoms with Crippen LogP contribution in [0, 0.1) is 0 Å². The molecule has 0 aliphatic carbocycles. The van der Waals surface area contributed by atoms with Crippen LogP contribution in [0.5, 0.6) is 5.75 Å². The number of hydrogen-bond donors (Lipinski definition) is 0. The second-order valence-corrected chi connectivity index (χ2v) is 7.42. The second kappa shape index (κ2) is 5.22. The number of hydrogen-bond acceptors (Lipinski definition) is 5. The van der Waals surface area contributed by atoms with Crippen LogP contribution < -0.4 is 4.74 Å². The largest absolute Gasteiger partial charge is 0.464 e. The van der Waals surface area contributed by atoms with Crippen molar-refractivity contribution in [3.8, 4) is 5.75 Å². The summed E-state index contributed by atoms with van der Waals surface area (Å²) in [5.74, 6) is 0.979. The van der Waals surface area contributed by atoms with Crippen LogP contribution >= 0.6 is 22.7 Å². The van der Waals surface area contributed by atoms with Crippen LogP contribution in [-0.4, -0.2) is 10.7 Å². The standard InChI is InChI=1S/C18H14N2OS2/c1-2-5-16-13(4-1)15-10-14(17-6-3-8-23-17)19-20(15)18(21-16)12-7-9-22-11-12/h1-9,11,15,18H,10H2/t15-,18-/m1/s1. The van der Waals surface area contributed by atoms with Crippen molar-refractivity contribution < 1.29 is 4.74 Å². The maximum absolute atomic E-state index is 6.28. The zero-order chi connectivity index (χ0) is 15.2. The number of rotatable bonds is 2. The molecule has 0 radical (unpaired) electrons. The first-order valence-electron chi connectivity index (χ1n) is 7.57. The number of fused-ring (bicyclic) bond motifs is 3. The van der Waals surface area contributed by atoms with Gasteiger partial charge >= 0.3 is 0 Å². The average molecular weight is 338 g/mol. The molecule has 2 aromatic heterocycles. The molecule has 2 aliphatic heterocycles. The third-order valence-electron chi connectivity index (χ3n) is 4.33. The van der Waals surface area contributed by atoms with Crippen molar-refractivity contribution in [3.05, 3.63) is 74.6 Å². The van der Waals surface area contributed by atoms with Crippen molar-refractivity contribution in [1.29, 1.82) is 0 Å². The number of benzene rings is 1. The van der Waals surface area contributed by atoms with Crippen LogP contribution in [0.15, 0.2) is 63.7 Å². The topological polar surface area (TPSA) is 24.8 Å². The summed E-state index contributed by atoms with van der Waals surface area (Å²) in [6.45, 7) is 0. The van der Waals surface area contributed by atoms with Crippen LogP contribution in [0.4, 0.5) is 0 Å². The molecule has 0 saturated carbocycles. The van der Waals surface area contributed by atoms with Gasteiger partial charge in [0.15, 0.2) is 0 Å². The molecule has 2 atom stereocenters. The lowest BCUT2D eigenvalue weighted by atomic mass is 9.98. The van der Waals surface area contributed by atoms with Crippen LogP contribution in [0.1, 0.15) is 34.7 Å². The Morgan fingerprint density at radius 3 is 2.87 bits per heavy atom. The van der Waals surface area contributed by atoms with Gasteiger partial charge in [0.2, 0.25) is 6.23 Å². The summed E-state index contributed by atoms with van der Waals surface area (Å²) < 4.78 is 6.28. The molecule has 0 bridgehead atoms. The summed E-state index contributed by atoms with van der Waals surface area (Å²) in [6.07, 6.45) is 0.792. The van der Waals surface area contributed by atoms with E-state index in [2.05, 4.69) is 57.5 Å². The minimum atomic E-state index is -0.140. The third kappa shape index (κ3) is 2.11. The SMILES string of the molecule is c1csc(C2=NN3[C@H](C2)c2ccccc2O[C@@H]3c2ccsc2)c1. The molecule has 0 saturated heterocycles. The summed E-state index contributed by atoms with van der Waals surface area (Å²) in [7, 11) is 0. The van der Waals surface area contributed by atoms with Gasteiger partial charge in [-0.2, -0.15) is 16.4 Å². The van der Waals surface area contributed by atoms with Crippen LogP contribution in [0.25, 0.3) is 0 Å². The molecule has 2 aliphatic rings. The fourth-order valence-corrected chi connectivity index (χ4v) is 4.65. The summed E-state index contributed by atoms with van der Waals surface area (Å²) in [5.41, 5.74) is 3.56. The van der Waals surface area contributed by atoms with Crippen molar-refractivity contribution >= 4 is 28.4 Å². The van der Waals surface area contributed by atoms with E-state index in [1.54, 1.807) is 22.7 Å². The van der Waals surface area contributed by atoms with E-state index in [4.69, 9.17) is 9.84 Å². The molecule has 0 fully saturated rings. The molecule has 0 amide bonds. The molecular formula is C18H14N2OS2. The van der Waals surface area contributed by atoms with E-state index in [1.165, 1.54) is 16.0 Å². The van der Waals surface area contributed by atoms with E-state index < -0.39 is 0 Å². The zero-order valence-corrected chi connectivity index (χ0v) is 13.9. The maximum atomic E-state index is 6.28. The Balaban J connectivity index is 1.62. The van der Waals surface area contributed by atoms with Crippen molar-refractivity contribution in [2.75, 3.05) is 0 Å². The maximum Gasteiger partial charge on any atom is 0.214 e. The Bertz CT molecular complexity index is 855. The van der Waals surface area contributed by atoms with Gasteiger partial charge in [0.05, 0.1) is 16.6 Å². The van der Waals surface area contributed by atoms with Crippen molar-refractivity contribution in [2.45, 2.75) is 18.7 Å². The van der Waals surface area contributed by atoms with E-state index in [0.29, 0.717) is 0 Å². The van der Waals surface area contributed by atoms with Gasteiger partial charge in [-0.15, -0.1) is 11.3 Å². The molecule has 1 aromatic carbocycles. The lowest BCUT2D eigenvalue weighted by molar-refractivity contribution is -0.0187. The van der Waals surface area contributed by atoms with E-state index in [0.717, 1.165) is 17.9 Å². The molecule has 5 heteroatoms.